The number of carbonyl (C=O) groups is 1. The van der Waals surface area contributed by atoms with Crippen LogP contribution in [0.5, 0.6) is 0 Å². The molecule has 1 amide bonds. The Bertz CT molecular complexity index is 2370. The number of nitrogens with zero attached hydrogens (tertiary/aromatic N) is 3. The molecular formula is C32H25FN6O5S. The summed E-state index contributed by atoms with van der Waals surface area (Å²) < 4.78 is 49.1. The van der Waals surface area contributed by atoms with Gasteiger partial charge in [-0.1, -0.05) is 6.07 Å². The van der Waals surface area contributed by atoms with Crippen LogP contribution in [0.25, 0.3) is 55.7 Å². The maximum atomic E-state index is 13.7. The van der Waals surface area contributed by atoms with E-state index in [1.807, 2.05) is 0 Å². The van der Waals surface area contributed by atoms with E-state index in [4.69, 9.17) is 4.42 Å². The minimum absolute atomic E-state index is 0.104. The second-order valence-electron chi connectivity index (χ2n) is 10.2. The van der Waals surface area contributed by atoms with Gasteiger partial charge in [-0.05, 0) is 61.5 Å². The van der Waals surface area contributed by atoms with Crippen molar-refractivity contribution in [2.24, 2.45) is 7.05 Å². The van der Waals surface area contributed by atoms with Crippen molar-refractivity contribution in [1.82, 2.24) is 20.1 Å². The van der Waals surface area contributed by atoms with Gasteiger partial charge in [-0.2, -0.15) is 10.4 Å². The molecule has 0 fully saturated rings. The largest absolute Gasteiger partial charge is 0.455 e. The first-order valence-corrected chi connectivity index (χ1v) is 15.4. The van der Waals surface area contributed by atoms with E-state index in [2.05, 4.69) is 26.2 Å². The van der Waals surface area contributed by atoms with Crippen LogP contribution in [-0.4, -0.2) is 41.9 Å². The highest BCUT2D eigenvalue weighted by Gasteiger charge is 2.25. The molecule has 0 radical (unpaired) electrons. The third kappa shape index (κ3) is 5.21. The topological polar surface area (TPSA) is 163 Å². The maximum Gasteiger partial charge on any atom is 0.275 e. The van der Waals surface area contributed by atoms with Crippen molar-refractivity contribution in [2.75, 3.05) is 17.5 Å². The molecular weight excluding hydrogens is 599 g/mol. The molecule has 226 valence electrons. The van der Waals surface area contributed by atoms with Crippen molar-refractivity contribution in [1.29, 1.82) is 5.26 Å². The summed E-state index contributed by atoms with van der Waals surface area (Å²) in [7, 11) is -0.881. The summed E-state index contributed by atoms with van der Waals surface area (Å²) in [4.78, 5) is 29.7. The molecule has 45 heavy (non-hydrogen) atoms. The van der Waals surface area contributed by atoms with Crippen LogP contribution < -0.4 is 15.6 Å². The van der Waals surface area contributed by atoms with E-state index in [-0.39, 0.29) is 45.2 Å². The highest BCUT2D eigenvalue weighted by Crippen LogP contribution is 2.40. The van der Waals surface area contributed by atoms with Gasteiger partial charge < -0.3 is 14.7 Å². The van der Waals surface area contributed by atoms with Crippen LogP contribution in [-0.2, 0) is 17.1 Å². The van der Waals surface area contributed by atoms with E-state index in [1.54, 1.807) is 30.3 Å². The number of aryl methyl sites for hydroxylation is 1. The lowest BCUT2D eigenvalue weighted by Gasteiger charge is -2.13. The van der Waals surface area contributed by atoms with Crippen molar-refractivity contribution in [3.63, 3.8) is 0 Å². The summed E-state index contributed by atoms with van der Waals surface area (Å²) in [5.74, 6) is -1.02. The SMILES string of the molecule is CCS(=O)(=O)Nc1cc2oc(-c3ccc(F)cc3)c(C(=O)NC)c2cc1-c1cc(-c2cc3c(C#N)cccc3[nH]2)c(=O)n(C)n1. The van der Waals surface area contributed by atoms with Gasteiger partial charge in [0.1, 0.15) is 17.2 Å². The number of hydrogen-bond acceptors (Lipinski definition) is 7. The molecule has 6 rings (SSSR count). The first-order valence-electron chi connectivity index (χ1n) is 13.7. The molecule has 0 aliphatic rings. The Balaban J connectivity index is 1.64. The average molecular weight is 625 g/mol. The number of carbonyl (C=O) groups excluding carboxylic acids is 1. The lowest BCUT2D eigenvalue weighted by Crippen LogP contribution is -2.22. The zero-order chi connectivity index (χ0) is 32.0. The Labute approximate surface area is 256 Å². The van der Waals surface area contributed by atoms with Crippen molar-refractivity contribution >= 4 is 43.5 Å². The Morgan fingerprint density at radius 3 is 2.53 bits per heavy atom. The lowest BCUT2D eigenvalue weighted by atomic mass is 10.0. The fourth-order valence-electron chi connectivity index (χ4n) is 5.16. The van der Waals surface area contributed by atoms with Crippen LogP contribution in [0.4, 0.5) is 10.1 Å². The fraction of sp³-hybridized carbons (Fsp3) is 0.125. The number of nitrogens with one attached hydrogen (secondary N) is 3. The van der Waals surface area contributed by atoms with Crippen molar-refractivity contribution in [2.45, 2.75) is 6.92 Å². The van der Waals surface area contributed by atoms with Gasteiger partial charge in [0.2, 0.25) is 10.0 Å². The second kappa shape index (κ2) is 11.1. The number of benzene rings is 3. The van der Waals surface area contributed by atoms with Crippen LogP contribution in [0.1, 0.15) is 22.8 Å². The molecule has 0 atom stereocenters. The van der Waals surface area contributed by atoms with Gasteiger partial charge in [0, 0.05) is 47.6 Å². The number of amides is 1. The first kappa shape index (κ1) is 29.3. The zero-order valence-corrected chi connectivity index (χ0v) is 25.0. The molecule has 3 N–H and O–H groups in total. The zero-order valence-electron chi connectivity index (χ0n) is 24.2. The third-order valence-electron chi connectivity index (χ3n) is 7.45. The van der Waals surface area contributed by atoms with Crippen LogP contribution in [0, 0.1) is 17.1 Å². The van der Waals surface area contributed by atoms with E-state index in [1.165, 1.54) is 57.4 Å². The number of furan rings is 1. The molecule has 0 bridgehead atoms. The molecule has 0 unspecified atom stereocenters. The number of nitriles is 1. The predicted octanol–water partition coefficient (Wildman–Crippen LogP) is 5.14. The number of fused-ring (bicyclic) bond motifs is 2. The number of rotatable bonds is 7. The molecule has 0 aliphatic heterocycles. The van der Waals surface area contributed by atoms with Gasteiger partial charge in [0.05, 0.1) is 45.6 Å². The summed E-state index contributed by atoms with van der Waals surface area (Å²) in [5.41, 5.74) is 2.66. The molecule has 11 nitrogen and oxygen atoms in total. The average Bonchev–Trinajstić information content (AvgIpc) is 3.63. The minimum Gasteiger partial charge on any atom is -0.455 e. The second-order valence-corrected chi connectivity index (χ2v) is 12.2. The third-order valence-corrected chi connectivity index (χ3v) is 8.74. The van der Waals surface area contributed by atoms with Crippen molar-refractivity contribution in [3.8, 4) is 39.9 Å². The van der Waals surface area contributed by atoms with Crippen molar-refractivity contribution < 1.29 is 22.0 Å². The Morgan fingerprint density at radius 2 is 1.84 bits per heavy atom. The van der Waals surface area contributed by atoms with Crippen LogP contribution in [0.3, 0.4) is 0 Å². The van der Waals surface area contributed by atoms with E-state index in [9.17, 15) is 27.7 Å². The van der Waals surface area contributed by atoms with E-state index in [0.717, 1.165) is 4.68 Å². The van der Waals surface area contributed by atoms with Crippen molar-refractivity contribution in [3.05, 3.63) is 94.0 Å². The fourth-order valence-corrected chi connectivity index (χ4v) is 5.81. The van der Waals surface area contributed by atoms with E-state index < -0.39 is 27.3 Å². The highest BCUT2D eigenvalue weighted by molar-refractivity contribution is 7.92. The van der Waals surface area contributed by atoms with Gasteiger partial charge in [-0.25, -0.2) is 17.5 Å². The summed E-state index contributed by atoms with van der Waals surface area (Å²) in [5, 5.41) is 17.6. The summed E-state index contributed by atoms with van der Waals surface area (Å²) >= 11 is 0. The van der Waals surface area contributed by atoms with Gasteiger partial charge in [0.25, 0.3) is 11.5 Å². The molecule has 0 saturated heterocycles. The van der Waals surface area contributed by atoms with Gasteiger partial charge >= 0.3 is 0 Å². The van der Waals surface area contributed by atoms with E-state index >= 15 is 0 Å². The van der Waals surface area contributed by atoms with Gasteiger partial charge in [-0.3, -0.25) is 14.3 Å². The maximum absolute atomic E-state index is 13.7. The Morgan fingerprint density at radius 1 is 1.09 bits per heavy atom. The summed E-state index contributed by atoms with van der Waals surface area (Å²) in [6, 6.07) is 19.0. The molecule has 0 saturated carbocycles. The van der Waals surface area contributed by atoms with Gasteiger partial charge in [0.15, 0.2) is 0 Å². The molecule has 6 aromatic rings. The molecule has 0 spiro atoms. The first-order chi connectivity index (χ1) is 21.5. The number of sulfonamides is 1. The number of halogens is 1. The van der Waals surface area contributed by atoms with Crippen LogP contribution >= 0.6 is 0 Å². The lowest BCUT2D eigenvalue weighted by molar-refractivity contribution is 0.0964. The van der Waals surface area contributed by atoms with Gasteiger partial charge in [-0.15, -0.1) is 0 Å². The molecule has 13 heteroatoms. The number of H-pyrrole nitrogens is 1. The molecule has 3 heterocycles. The number of aromatic nitrogens is 3. The molecule has 3 aromatic carbocycles. The number of hydrogen-bond donors (Lipinski definition) is 3. The monoisotopic (exact) mass is 624 g/mol. The summed E-state index contributed by atoms with van der Waals surface area (Å²) in [6.45, 7) is 1.48. The van der Waals surface area contributed by atoms with E-state index in [0.29, 0.717) is 33.1 Å². The molecule has 0 aliphatic carbocycles. The Hall–Kier alpha value is -5.74. The number of anilines is 1. The smallest absolute Gasteiger partial charge is 0.275 e. The standard InChI is InChI=1S/C32H25FN6O5S/c1-4-45(42,43)38-27-15-28-23(29(31(40)35-2)30(44-28)17-8-10-19(33)11-9-17)12-21(27)26-14-22(32(41)39(3)37-26)25-13-20-18(16-34)6-5-7-24(20)36-25/h5-15,36,38H,4H2,1-3H3,(H,35,40). The molecule has 3 aromatic heterocycles. The van der Waals surface area contributed by atoms with Crippen LogP contribution in [0.15, 0.2) is 75.9 Å². The minimum atomic E-state index is -3.80. The Kier molecular flexibility index (Phi) is 7.22. The highest BCUT2D eigenvalue weighted by atomic mass is 32.2. The number of aromatic amines is 1. The quantitative estimate of drug-likeness (QED) is 0.221. The predicted molar refractivity (Wildman–Crippen MR) is 169 cm³/mol. The van der Waals surface area contributed by atoms with Crippen LogP contribution in [0.2, 0.25) is 0 Å². The normalized spacial score (nSPS) is 11.5. The summed E-state index contributed by atoms with van der Waals surface area (Å²) in [6.07, 6.45) is 0.